The van der Waals surface area contributed by atoms with Crippen molar-refractivity contribution in [2.75, 3.05) is 7.11 Å². The lowest BCUT2D eigenvalue weighted by Crippen LogP contribution is -2.10. The lowest BCUT2D eigenvalue weighted by atomic mass is 10.2. The van der Waals surface area contributed by atoms with Crippen molar-refractivity contribution in [3.8, 4) is 5.75 Å². The van der Waals surface area contributed by atoms with Crippen LogP contribution in [0.25, 0.3) is 0 Å². The van der Waals surface area contributed by atoms with Gasteiger partial charge in [0.05, 0.1) is 18.3 Å². The summed E-state index contributed by atoms with van der Waals surface area (Å²) in [5.41, 5.74) is 0.412. The summed E-state index contributed by atoms with van der Waals surface area (Å²) in [7, 11) is 1.54. The molecule has 6 heteroatoms. The molecular weight excluding hydrogens is 260 g/mol. The molecule has 0 amide bonds. The van der Waals surface area contributed by atoms with Gasteiger partial charge in [0.1, 0.15) is 16.3 Å². The number of carbonyl (C=O) groups excluding carboxylic acids is 1. The number of ether oxygens (including phenoxy) is 1. The Morgan fingerprint density at radius 2 is 2.41 bits per heavy atom. The van der Waals surface area contributed by atoms with Crippen LogP contribution in [-0.4, -0.2) is 22.7 Å². The van der Waals surface area contributed by atoms with Gasteiger partial charge >= 0.3 is 0 Å². The van der Waals surface area contributed by atoms with Crippen LogP contribution in [0, 0.1) is 0 Å². The Hall–Kier alpha value is -1.33. The Morgan fingerprint density at radius 1 is 1.65 bits per heavy atom. The fraction of sp³-hybridized carbons (Fsp3) is 0.273. The highest BCUT2D eigenvalue weighted by atomic mass is 35.5. The third-order valence-corrected chi connectivity index (χ3v) is 3.54. The highest BCUT2D eigenvalue weighted by Gasteiger charge is 2.22. The third kappa shape index (κ3) is 2.08. The fourth-order valence-electron chi connectivity index (χ4n) is 1.56. The van der Waals surface area contributed by atoms with Gasteiger partial charge in [-0.25, -0.2) is 0 Å². The van der Waals surface area contributed by atoms with Crippen molar-refractivity contribution < 1.29 is 9.53 Å². The number of carbonyl (C=O) groups is 1. The van der Waals surface area contributed by atoms with E-state index in [-0.39, 0.29) is 5.78 Å². The number of methoxy groups -OCH3 is 1. The van der Waals surface area contributed by atoms with E-state index in [1.165, 1.54) is 24.6 Å². The molecule has 2 aromatic heterocycles. The van der Waals surface area contributed by atoms with Gasteiger partial charge in [-0.3, -0.25) is 9.48 Å². The maximum absolute atomic E-state index is 12.3. The fourth-order valence-corrected chi connectivity index (χ4v) is 2.59. The second-order valence-corrected chi connectivity index (χ2v) is 4.63. The van der Waals surface area contributed by atoms with Gasteiger partial charge in [-0.2, -0.15) is 5.10 Å². The van der Waals surface area contributed by atoms with Gasteiger partial charge in [0, 0.05) is 6.54 Å². The molecule has 4 nitrogen and oxygen atoms in total. The number of ketones is 1. The minimum absolute atomic E-state index is 0.152. The molecule has 0 bridgehead atoms. The molecule has 0 atom stereocenters. The molecule has 0 saturated heterocycles. The minimum atomic E-state index is -0.152. The largest absolute Gasteiger partial charge is 0.495 e. The first-order valence-corrected chi connectivity index (χ1v) is 6.32. The second-order valence-electron chi connectivity index (χ2n) is 3.30. The quantitative estimate of drug-likeness (QED) is 0.803. The molecule has 0 aliphatic rings. The molecular formula is C11H11ClN2O2S. The van der Waals surface area contributed by atoms with E-state index in [1.807, 2.05) is 12.3 Å². The van der Waals surface area contributed by atoms with Gasteiger partial charge in [-0.15, -0.1) is 11.3 Å². The van der Waals surface area contributed by atoms with Crippen molar-refractivity contribution in [3.63, 3.8) is 0 Å². The van der Waals surface area contributed by atoms with Crippen LogP contribution in [0.3, 0.4) is 0 Å². The van der Waals surface area contributed by atoms with E-state index in [9.17, 15) is 4.79 Å². The van der Waals surface area contributed by atoms with E-state index in [4.69, 9.17) is 16.3 Å². The first kappa shape index (κ1) is 12.1. The van der Waals surface area contributed by atoms with E-state index in [1.54, 1.807) is 10.7 Å². The number of hydrogen-bond donors (Lipinski definition) is 0. The molecule has 17 heavy (non-hydrogen) atoms. The average Bonchev–Trinajstić information content (AvgIpc) is 2.93. The summed E-state index contributed by atoms with van der Waals surface area (Å²) in [6.45, 7) is 2.51. The number of hydrogen-bond acceptors (Lipinski definition) is 4. The highest BCUT2D eigenvalue weighted by Crippen LogP contribution is 2.29. The molecule has 0 fully saturated rings. The van der Waals surface area contributed by atoms with Crippen LogP contribution in [0.1, 0.15) is 22.3 Å². The molecule has 2 aromatic rings. The van der Waals surface area contributed by atoms with Crippen LogP contribution in [0.15, 0.2) is 17.6 Å². The standard InChI is InChI=1S/C11H11ClN2O2S/c1-3-14-9(7(12)6-13-14)10(15)11-8(16-2)4-5-17-11/h4-6H,3H2,1-2H3. The minimum Gasteiger partial charge on any atom is -0.495 e. The number of rotatable bonds is 4. The van der Waals surface area contributed by atoms with Gasteiger partial charge in [-0.05, 0) is 18.4 Å². The Morgan fingerprint density at radius 3 is 3.06 bits per heavy atom. The predicted molar refractivity (Wildman–Crippen MR) is 67.2 cm³/mol. The highest BCUT2D eigenvalue weighted by molar-refractivity contribution is 7.12. The summed E-state index contributed by atoms with van der Waals surface area (Å²) >= 11 is 7.32. The molecule has 0 unspecified atom stereocenters. The van der Waals surface area contributed by atoms with Gasteiger partial charge in [-0.1, -0.05) is 11.6 Å². The molecule has 0 N–H and O–H groups in total. The maximum atomic E-state index is 12.3. The molecule has 0 aliphatic carbocycles. The molecule has 2 rings (SSSR count). The average molecular weight is 271 g/mol. The molecule has 0 spiro atoms. The van der Waals surface area contributed by atoms with Crippen molar-refractivity contribution in [3.05, 3.63) is 33.2 Å². The SMILES string of the molecule is CCn1ncc(Cl)c1C(=O)c1sccc1OC. The van der Waals surface area contributed by atoms with Crippen LogP contribution in [0.5, 0.6) is 5.75 Å². The van der Waals surface area contributed by atoms with Crippen LogP contribution >= 0.6 is 22.9 Å². The van der Waals surface area contributed by atoms with E-state index < -0.39 is 0 Å². The smallest absolute Gasteiger partial charge is 0.226 e. The molecule has 90 valence electrons. The Labute approximate surface area is 108 Å². The van der Waals surface area contributed by atoms with Gasteiger partial charge < -0.3 is 4.74 Å². The topological polar surface area (TPSA) is 44.1 Å². The molecule has 0 aliphatic heterocycles. The number of aromatic nitrogens is 2. The Bertz CT molecular complexity index is 547. The van der Waals surface area contributed by atoms with Crippen molar-refractivity contribution in [2.45, 2.75) is 13.5 Å². The van der Waals surface area contributed by atoms with Gasteiger partial charge in [0.2, 0.25) is 5.78 Å². The number of halogens is 1. The zero-order valence-corrected chi connectivity index (χ0v) is 11.0. The summed E-state index contributed by atoms with van der Waals surface area (Å²) in [6, 6.07) is 1.76. The zero-order valence-electron chi connectivity index (χ0n) is 9.44. The van der Waals surface area contributed by atoms with Gasteiger partial charge in [0.15, 0.2) is 0 Å². The van der Waals surface area contributed by atoms with Gasteiger partial charge in [0.25, 0.3) is 0 Å². The summed E-state index contributed by atoms with van der Waals surface area (Å²) < 4.78 is 6.72. The van der Waals surface area contributed by atoms with Crippen LogP contribution in [0.4, 0.5) is 0 Å². The van der Waals surface area contributed by atoms with Crippen LogP contribution < -0.4 is 4.74 Å². The monoisotopic (exact) mass is 270 g/mol. The first-order valence-electron chi connectivity index (χ1n) is 5.06. The maximum Gasteiger partial charge on any atom is 0.226 e. The third-order valence-electron chi connectivity index (χ3n) is 2.36. The van der Waals surface area contributed by atoms with Crippen molar-refractivity contribution in [1.29, 1.82) is 0 Å². The molecule has 2 heterocycles. The predicted octanol–water partition coefficient (Wildman–Crippen LogP) is 2.86. The first-order chi connectivity index (χ1) is 8.19. The Balaban J connectivity index is 2.47. The summed E-state index contributed by atoms with van der Waals surface area (Å²) in [6.07, 6.45) is 1.48. The van der Waals surface area contributed by atoms with E-state index in [0.717, 1.165) is 0 Å². The van der Waals surface area contributed by atoms with Crippen molar-refractivity contribution >= 4 is 28.7 Å². The lowest BCUT2D eigenvalue weighted by Gasteiger charge is -2.04. The molecule has 0 aromatic carbocycles. The van der Waals surface area contributed by atoms with Crippen LogP contribution in [-0.2, 0) is 6.54 Å². The lowest BCUT2D eigenvalue weighted by molar-refractivity contribution is 0.103. The summed E-state index contributed by atoms with van der Waals surface area (Å²) in [4.78, 5) is 12.9. The molecule has 0 radical (unpaired) electrons. The van der Waals surface area contributed by atoms with Crippen molar-refractivity contribution in [1.82, 2.24) is 9.78 Å². The molecule has 0 saturated carbocycles. The van der Waals surface area contributed by atoms with Crippen LogP contribution in [0.2, 0.25) is 5.02 Å². The van der Waals surface area contributed by atoms with Crippen molar-refractivity contribution in [2.24, 2.45) is 0 Å². The Kier molecular flexibility index (Phi) is 3.49. The second kappa shape index (κ2) is 4.89. The zero-order chi connectivity index (χ0) is 12.4. The number of thiophene rings is 1. The summed E-state index contributed by atoms with van der Waals surface area (Å²) in [5.74, 6) is 0.418. The van der Waals surface area contributed by atoms with E-state index >= 15 is 0 Å². The number of aryl methyl sites for hydroxylation is 1. The van der Waals surface area contributed by atoms with E-state index in [2.05, 4.69) is 5.10 Å². The summed E-state index contributed by atoms with van der Waals surface area (Å²) in [5, 5.41) is 6.23. The number of nitrogens with zero attached hydrogens (tertiary/aromatic N) is 2. The normalized spacial score (nSPS) is 10.5. The van der Waals surface area contributed by atoms with E-state index in [0.29, 0.717) is 27.9 Å².